The molecule has 0 aliphatic heterocycles. The van der Waals surface area contributed by atoms with Gasteiger partial charge in [0.1, 0.15) is 19.3 Å². The number of carbonyl (C=O) groups is 4. The standard InChI is InChI=1S/C50H96O17P2/c1-5-9-13-17-19-20-21-22-23-25-29-33-37-50(55)67-46(41-61-48(53)35-31-28-24-18-14-10-6-2)43-65-69(58,59)63-39-44(51)38-62-68(56,57)64-42-45(66-49(54)36-32-27-16-12-8-4)40-60-47(52)34-30-26-15-11-7-3/h44-46,51H,5-43H2,1-4H3,(H,56,57)(H,58,59)/t44-,45+,46+/m0/s1. The van der Waals surface area contributed by atoms with Crippen LogP contribution in [0, 0.1) is 0 Å². The van der Waals surface area contributed by atoms with Crippen molar-refractivity contribution in [2.24, 2.45) is 0 Å². The fourth-order valence-corrected chi connectivity index (χ4v) is 8.74. The average Bonchev–Trinajstić information content (AvgIpc) is 3.31. The number of rotatable bonds is 51. The summed E-state index contributed by atoms with van der Waals surface area (Å²) in [5.74, 6) is -2.18. The average molecular weight is 1030 g/mol. The molecule has 0 rings (SSSR count). The molecule has 0 aliphatic carbocycles. The monoisotopic (exact) mass is 1030 g/mol. The number of aliphatic hydroxyl groups excluding tert-OH is 1. The van der Waals surface area contributed by atoms with Crippen LogP contribution >= 0.6 is 15.6 Å². The lowest BCUT2D eigenvalue weighted by Crippen LogP contribution is -2.30. The van der Waals surface area contributed by atoms with Gasteiger partial charge in [0.25, 0.3) is 0 Å². The molecular weight excluding hydrogens is 934 g/mol. The second-order valence-electron chi connectivity index (χ2n) is 18.2. The normalized spacial score (nSPS) is 14.6. The van der Waals surface area contributed by atoms with E-state index in [1.807, 2.05) is 0 Å². The molecular formula is C50H96O17P2. The van der Waals surface area contributed by atoms with Crippen LogP contribution in [0.2, 0.25) is 0 Å². The molecule has 0 heterocycles. The van der Waals surface area contributed by atoms with E-state index in [2.05, 4.69) is 27.7 Å². The third kappa shape index (κ3) is 45.7. The lowest BCUT2D eigenvalue weighted by atomic mass is 10.0. The minimum atomic E-state index is -4.92. The molecule has 0 aromatic carbocycles. The predicted molar refractivity (Wildman–Crippen MR) is 266 cm³/mol. The summed E-state index contributed by atoms with van der Waals surface area (Å²) in [6, 6.07) is 0. The summed E-state index contributed by atoms with van der Waals surface area (Å²) in [7, 11) is -9.83. The van der Waals surface area contributed by atoms with Gasteiger partial charge in [0.2, 0.25) is 0 Å². The van der Waals surface area contributed by atoms with E-state index in [4.69, 9.17) is 37.0 Å². The zero-order valence-electron chi connectivity index (χ0n) is 43.3. The van der Waals surface area contributed by atoms with Crippen LogP contribution in [0.3, 0.4) is 0 Å². The number of hydrogen-bond donors (Lipinski definition) is 3. The first kappa shape index (κ1) is 67.1. The van der Waals surface area contributed by atoms with Crippen LogP contribution in [0.25, 0.3) is 0 Å². The number of carbonyl (C=O) groups excluding carboxylic acids is 4. The first-order valence-electron chi connectivity index (χ1n) is 26.8. The van der Waals surface area contributed by atoms with Crippen LogP contribution in [0.5, 0.6) is 0 Å². The molecule has 3 N–H and O–H groups in total. The summed E-state index contributed by atoms with van der Waals surface area (Å²) in [6.07, 6.45) is 26.1. The minimum Gasteiger partial charge on any atom is -0.462 e. The highest BCUT2D eigenvalue weighted by molar-refractivity contribution is 7.47. The van der Waals surface area contributed by atoms with Gasteiger partial charge in [-0.3, -0.25) is 37.3 Å². The van der Waals surface area contributed by atoms with Crippen molar-refractivity contribution >= 4 is 39.5 Å². The van der Waals surface area contributed by atoms with E-state index in [0.717, 1.165) is 109 Å². The molecule has 2 unspecified atom stereocenters. The summed E-state index contributed by atoms with van der Waals surface area (Å²) < 4.78 is 66.9. The first-order chi connectivity index (χ1) is 33.2. The quantitative estimate of drug-likeness (QED) is 0.0222. The fraction of sp³-hybridized carbons (Fsp3) is 0.920. The van der Waals surface area contributed by atoms with Gasteiger partial charge in [-0.15, -0.1) is 0 Å². The Kier molecular flexibility index (Phi) is 44.6. The lowest BCUT2D eigenvalue weighted by Gasteiger charge is -2.21. The van der Waals surface area contributed by atoms with Gasteiger partial charge < -0.3 is 33.8 Å². The van der Waals surface area contributed by atoms with Crippen LogP contribution in [0.1, 0.15) is 240 Å². The van der Waals surface area contributed by atoms with E-state index in [-0.39, 0.29) is 25.7 Å². The Morgan fingerprint density at radius 1 is 0.348 bits per heavy atom. The van der Waals surface area contributed by atoms with Crippen LogP contribution in [0.15, 0.2) is 0 Å². The Balaban J connectivity index is 5.12. The number of ether oxygens (including phenoxy) is 4. The van der Waals surface area contributed by atoms with E-state index in [1.165, 1.54) is 51.4 Å². The van der Waals surface area contributed by atoms with Crippen molar-refractivity contribution in [2.45, 2.75) is 258 Å². The maximum Gasteiger partial charge on any atom is 0.472 e. The van der Waals surface area contributed by atoms with Crippen molar-refractivity contribution in [1.82, 2.24) is 0 Å². The highest BCUT2D eigenvalue weighted by atomic mass is 31.2. The Morgan fingerprint density at radius 3 is 0.855 bits per heavy atom. The maximum absolute atomic E-state index is 12.8. The highest BCUT2D eigenvalue weighted by Gasteiger charge is 2.30. The van der Waals surface area contributed by atoms with Crippen LogP contribution in [-0.2, 0) is 65.4 Å². The summed E-state index contributed by atoms with van der Waals surface area (Å²) in [5.41, 5.74) is 0. The summed E-state index contributed by atoms with van der Waals surface area (Å²) in [6.45, 7) is 4.56. The molecule has 0 fully saturated rings. The molecule has 0 saturated carbocycles. The molecule has 0 aromatic rings. The predicted octanol–water partition coefficient (Wildman–Crippen LogP) is 12.5. The van der Waals surface area contributed by atoms with Crippen molar-refractivity contribution in [3.8, 4) is 0 Å². The molecule has 0 saturated heterocycles. The first-order valence-corrected chi connectivity index (χ1v) is 29.8. The third-order valence-corrected chi connectivity index (χ3v) is 13.3. The number of esters is 4. The van der Waals surface area contributed by atoms with E-state index < -0.39 is 97.5 Å². The van der Waals surface area contributed by atoms with Gasteiger partial charge in [-0.2, -0.15) is 0 Å². The van der Waals surface area contributed by atoms with Gasteiger partial charge in [0.05, 0.1) is 26.4 Å². The number of aliphatic hydroxyl groups is 1. The van der Waals surface area contributed by atoms with Crippen LogP contribution < -0.4 is 0 Å². The second-order valence-corrected chi connectivity index (χ2v) is 21.1. The van der Waals surface area contributed by atoms with Gasteiger partial charge in [-0.1, -0.05) is 188 Å². The van der Waals surface area contributed by atoms with E-state index in [1.54, 1.807) is 0 Å². The Morgan fingerprint density at radius 2 is 0.580 bits per heavy atom. The van der Waals surface area contributed by atoms with Gasteiger partial charge in [-0.25, -0.2) is 9.13 Å². The molecule has 5 atom stereocenters. The molecule has 17 nitrogen and oxygen atoms in total. The molecule has 0 aliphatic rings. The van der Waals surface area contributed by atoms with Crippen molar-refractivity contribution in [3.63, 3.8) is 0 Å². The molecule has 0 aromatic heterocycles. The van der Waals surface area contributed by atoms with Crippen molar-refractivity contribution < 1.29 is 80.2 Å². The molecule has 69 heavy (non-hydrogen) atoms. The van der Waals surface area contributed by atoms with Gasteiger partial charge >= 0.3 is 39.5 Å². The zero-order chi connectivity index (χ0) is 51.3. The Bertz CT molecular complexity index is 1370. The molecule has 0 amide bonds. The SMILES string of the molecule is CCCCCCCCCCCCCCC(=O)O[C@H](COC(=O)CCCCCCCCC)COP(=O)(O)OC[C@@H](O)COP(=O)(O)OC[C@@H](COC(=O)CCCCCCC)OC(=O)CCCCCCC. The molecule has 0 spiro atoms. The van der Waals surface area contributed by atoms with Crippen molar-refractivity contribution in [3.05, 3.63) is 0 Å². The van der Waals surface area contributed by atoms with Crippen LogP contribution in [0.4, 0.5) is 0 Å². The number of hydrogen-bond acceptors (Lipinski definition) is 15. The third-order valence-electron chi connectivity index (χ3n) is 11.4. The summed E-state index contributed by atoms with van der Waals surface area (Å²) in [4.78, 5) is 70.9. The van der Waals surface area contributed by atoms with E-state index in [0.29, 0.717) is 25.7 Å². The fourth-order valence-electron chi connectivity index (χ4n) is 7.16. The number of phosphoric ester groups is 2. The topological polar surface area (TPSA) is 237 Å². The minimum absolute atomic E-state index is 0.0988. The van der Waals surface area contributed by atoms with E-state index in [9.17, 15) is 43.2 Å². The highest BCUT2D eigenvalue weighted by Crippen LogP contribution is 2.45. The van der Waals surface area contributed by atoms with Gasteiger partial charge in [0.15, 0.2) is 12.2 Å². The van der Waals surface area contributed by atoms with Crippen molar-refractivity contribution in [1.29, 1.82) is 0 Å². The molecule has 408 valence electrons. The largest absolute Gasteiger partial charge is 0.472 e. The number of unbranched alkanes of at least 4 members (excludes halogenated alkanes) is 25. The van der Waals surface area contributed by atoms with Crippen molar-refractivity contribution in [2.75, 3.05) is 39.6 Å². The van der Waals surface area contributed by atoms with Gasteiger partial charge in [-0.05, 0) is 25.7 Å². The summed E-state index contributed by atoms with van der Waals surface area (Å²) >= 11 is 0. The molecule has 0 radical (unpaired) electrons. The molecule has 0 bridgehead atoms. The smallest absolute Gasteiger partial charge is 0.462 e. The molecule has 19 heteroatoms. The maximum atomic E-state index is 12.8. The lowest BCUT2D eigenvalue weighted by molar-refractivity contribution is -0.161. The Hall–Kier alpha value is -1.94. The van der Waals surface area contributed by atoms with E-state index >= 15 is 0 Å². The Labute approximate surface area is 416 Å². The summed E-state index contributed by atoms with van der Waals surface area (Å²) in [5, 5.41) is 10.4. The van der Waals surface area contributed by atoms with Crippen LogP contribution in [-0.4, -0.2) is 96.7 Å². The number of phosphoric acid groups is 2. The second kappa shape index (κ2) is 45.9. The zero-order valence-corrected chi connectivity index (χ0v) is 45.0. The van der Waals surface area contributed by atoms with Gasteiger partial charge in [0, 0.05) is 25.7 Å².